The van der Waals surface area contributed by atoms with Crippen molar-refractivity contribution >= 4 is 23.7 Å². The lowest BCUT2D eigenvalue weighted by Gasteiger charge is -2.17. The summed E-state index contributed by atoms with van der Waals surface area (Å²) >= 11 is 1.61. The van der Waals surface area contributed by atoms with Crippen molar-refractivity contribution in [2.75, 3.05) is 12.4 Å². The van der Waals surface area contributed by atoms with Gasteiger partial charge in [0.1, 0.15) is 12.7 Å². The molecule has 0 saturated heterocycles. The molecule has 0 aliphatic heterocycles. The fraction of sp³-hybridized carbons (Fsp3) is 0.818. The summed E-state index contributed by atoms with van der Waals surface area (Å²) in [7, 11) is 0. The average Bonchev–Trinajstić information content (AvgIpc) is 2.65. The molecule has 0 radical (unpaired) electrons. The first-order valence-electron chi connectivity index (χ1n) is 10.8. The van der Waals surface area contributed by atoms with Gasteiger partial charge in [-0.05, 0) is 31.1 Å². The van der Waals surface area contributed by atoms with E-state index in [0.29, 0.717) is 18.6 Å². The van der Waals surface area contributed by atoms with E-state index in [1.807, 2.05) is 0 Å². The SMILES string of the molecule is CCCCC/C=C/SCC(COC(=O)CCCCC)OC(=O)CCCCC. The summed E-state index contributed by atoms with van der Waals surface area (Å²) in [4.78, 5) is 23.8. The van der Waals surface area contributed by atoms with Crippen molar-refractivity contribution in [3.63, 3.8) is 0 Å². The van der Waals surface area contributed by atoms with Crippen LogP contribution in [0.15, 0.2) is 11.5 Å². The van der Waals surface area contributed by atoms with Crippen LogP contribution in [0.1, 0.15) is 97.8 Å². The van der Waals surface area contributed by atoms with Gasteiger partial charge in [-0.15, -0.1) is 11.8 Å². The van der Waals surface area contributed by atoms with Crippen LogP contribution in [0.25, 0.3) is 0 Å². The van der Waals surface area contributed by atoms with Gasteiger partial charge in [-0.25, -0.2) is 0 Å². The van der Waals surface area contributed by atoms with E-state index in [9.17, 15) is 9.59 Å². The molecule has 158 valence electrons. The molecule has 0 heterocycles. The zero-order valence-electron chi connectivity index (χ0n) is 17.7. The number of unbranched alkanes of at least 4 members (excludes halogenated alkanes) is 7. The molecular weight excluding hydrogens is 360 g/mol. The Kier molecular flexibility index (Phi) is 19.1. The topological polar surface area (TPSA) is 52.6 Å². The Labute approximate surface area is 170 Å². The number of ether oxygens (including phenoxy) is 2. The molecular formula is C22H40O4S. The molecule has 1 unspecified atom stereocenters. The van der Waals surface area contributed by atoms with E-state index in [2.05, 4.69) is 32.3 Å². The average molecular weight is 401 g/mol. The molecule has 0 aromatic heterocycles. The second kappa shape index (κ2) is 19.8. The van der Waals surface area contributed by atoms with Gasteiger partial charge in [0.05, 0.1) is 0 Å². The van der Waals surface area contributed by atoms with Crippen LogP contribution in [-0.2, 0) is 19.1 Å². The first-order chi connectivity index (χ1) is 13.1. The van der Waals surface area contributed by atoms with Crippen LogP contribution < -0.4 is 0 Å². The fourth-order valence-electron chi connectivity index (χ4n) is 2.47. The molecule has 5 heteroatoms. The lowest BCUT2D eigenvalue weighted by Crippen LogP contribution is -2.27. The van der Waals surface area contributed by atoms with Gasteiger partial charge in [0.25, 0.3) is 0 Å². The van der Waals surface area contributed by atoms with E-state index >= 15 is 0 Å². The standard InChI is InChI=1S/C22H40O4S/c1-4-7-10-11-14-17-27-19-20(26-22(24)16-13-9-6-3)18-25-21(23)15-12-8-5-2/h14,17,20H,4-13,15-16,18-19H2,1-3H3/b17-14+. The first-order valence-corrected chi connectivity index (χ1v) is 11.8. The zero-order chi connectivity index (χ0) is 20.2. The van der Waals surface area contributed by atoms with E-state index in [-0.39, 0.29) is 24.6 Å². The van der Waals surface area contributed by atoms with Gasteiger partial charge in [-0.2, -0.15) is 0 Å². The predicted octanol–water partition coefficient (Wildman–Crippen LogP) is 6.43. The first kappa shape index (κ1) is 26.0. The fourth-order valence-corrected chi connectivity index (χ4v) is 3.23. The minimum Gasteiger partial charge on any atom is -0.462 e. The highest BCUT2D eigenvalue weighted by Gasteiger charge is 2.16. The number of hydrogen-bond donors (Lipinski definition) is 0. The second-order valence-electron chi connectivity index (χ2n) is 6.91. The van der Waals surface area contributed by atoms with Crippen LogP contribution in [0.3, 0.4) is 0 Å². The van der Waals surface area contributed by atoms with Crippen molar-refractivity contribution in [2.24, 2.45) is 0 Å². The molecule has 0 aromatic carbocycles. The highest BCUT2D eigenvalue weighted by Crippen LogP contribution is 2.12. The Morgan fingerprint density at radius 2 is 1.44 bits per heavy atom. The minimum atomic E-state index is -0.375. The summed E-state index contributed by atoms with van der Waals surface area (Å²) in [6, 6.07) is 0. The van der Waals surface area contributed by atoms with E-state index in [4.69, 9.17) is 9.47 Å². The van der Waals surface area contributed by atoms with E-state index < -0.39 is 0 Å². The smallest absolute Gasteiger partial charge is 0.306 e. The van der Waals surface area contributed by atoms with Crippen molar-refractivity contribution in [2.45, 2.75) is 104 Å². The number of esters is 2. The molecule has 0 spiro atoms. The summed E-state index contributed by atoms with van der Waals surface area (Å²) < 4.78 is 10.9. The van der Waals surface area contributed by atoms with E-state index in [1.165, 1.54) is 19.3 Å². The third kappa shape index (κ3) is 18.2. The van der Waals surface area contributed by atoms with Crippen LogP contribution in [0.2, 0.25) is 0 Å². The van der Waals surface area contributed by atoms with Gasteiger partial charge in [0, 0.05) is 18.6 Å². The summed E-state index contributed by atoms with van der Waals surface area (Å²) in [5.74, 6) is 0.227. The molecule has 4 nitrogen and oxygen atoms in total. The third-order valence-electron chi connectivity index (χ3n) is 4.15. The molecule has 0 amide bonds. The maximum Gasteiger partial charge on any atom is 0.306 e. The van der Waals surface area contributed by atoms with Crippen molar-refractivity contribution < 1.29 is 19.1 Å². The molecule has 0 aliphatic rings. The Balaban J connectivity index is 4.26. The Bertz CT molecular complexity index is 396. The van der Waals surface area contributed by atoms with Gasteiger partial charge in [0.2, 0.25) is 0 Å². The summed E-state index contributed by atoms with van der Waals surface area (Å²) in [6.07, 6.45) is 13.3. The highest BCUT2D eigenvalue weighted by molar-refractivity contribution is 8.02. The molecule has 0 bridgehead atoms. The number of rotatable bonds is 18. The van der Waals surface area contributed by atoms with Crippen LogP contribution in [0, 0.1) is 0 Å². The number of hydrogen-bond acceptors (Lipinski definition) is 5. The zero-order valence-corrected chi connectivity index (χ0v) is 18.5. The lowest BCUT2D eigenvalue weighted by molar-refractivity contribution is -0.157. The largest absolute Gasteiger partial charge is 0.462 e. The van der Waals surface area contributed by atoms with Crippen molar-refractivity contribution in [3.8, 4) is 0 Å². The van der Waals surface area contributed by atoms with Crippen molar-refractivity contribution in [1.82, 2.24) is 0 Å². The van der Waals surface area contributed by atoms with Gasteiger partial charge in [-0.3, -0.25) is 9.59 Å². The Morgan fingerprint density at radius 1 is 0.852 bits per heavy atom. The number of carbonyl (C=O) groups excluding carboxylic acids is 2. The van der Waals surface area contributed by atoms with Gasteiger partial charge in [-0.1, -0.05) is 65.4 Å². The van der Waals surface area contributed by atoms with E-state index in [0.717, 1.165) is 44.9 Å². The molecule has 0 fully saturated rings. The highest BCUT2D eigenvalue weighted by atomic mass is 32.2. The number of carbonyl (C=O) groups is 2. The predicted molar refractivity (Wildman–Crippen MR) is 115 cm³/mol. The molecule has 27 heavy (non-hydrogen) atoms. The molecule has 1 atom stereocenters. The Hall–Kier alpha value is -0.970. The molecule has 0 rings (SSSR count). The maximum atomic E-state index is 12.0. The lowest BCUT2D eigenvalue weighted by atomic mass is 10.2. The van der Waals surface area contributed by atoms with Crippen LogP contribution in [0.5, 0.6) is 0 Å². The normalized spacial score (nSPS) is 12.3. The van der Waals surface area contributed by atoms with Gasteiger partial charge < -0.3 is 9.47 Å². The molecule has 0 aromatic rings. The van der Waals surface area contributed by atoms with Crippen LogP contribution >= 0.6 is 11.8 Å². The van der Waals surface area contributed by atoms with Gasteiger partial charge >= 0.3 is 11.9 Å². The second-order valence-corrected chi connectivity index (χ2v) is 7.85. The quantitative estimate of drug-likeness (QED) is 0.196. The van der Waals surface area contributed by atoms with Crippen molar-refractivity contribution in [3.05, 3.63) is 11.5 Å². The van der Waals surface area contributed by atoms with E-state index in [1.54, 1.807) is 11.8 Å². The minimum absolute atomic E-state index is 0.154. The Morgan fingerprint density at radius 3 is 2.07 bits per heavy atom. The molecule has 0 saturated carbocycles. The van der Waals surface area contributed by atoms with Gasteiger partial charge in [0.15, 0.2) is 0 Å². The third-order valence-corrected chi connectivity index (χ3v) is 5.10. The van der Waals surface area contributed by atoms with Crippen LogP contribution in [0.4, 0.5) is 0 Å². The summed E-state index contributed by atoms with van der Waals surface area (Å²) in [6.45, 7) is 6.56. The monoisotopic (exact) mass is 400 g/mol. The summed E-state index contributed by atoms with van der Waals surface area (Å²) in [5, 5.41) is 2.07. The number of thioether (sulfide) groups is 1. The molecule has 0 N–H and O–H groups in total. The number of allylic oxidation sites excluding steroid dienone is 1. The van der Waals surface area contributed by atoms with Crippen molar-refractivity contribution in [1.29, 1.82) is 0 Å². The summed E-state index contributed by atoms with van der Waals surface area (Å²) in [5.41, 5.74) is 0. The molecule has 0 aliphatic carbocycles. The van der Waals surface area contributed by atoms with Crippen LogP contribution in [-0.4, -0.2) is 30.4 Å². The maximum absolute atomic E-state index is 12.0.